The van der Waals surface area contributed by atoms with Crippen molar-refractivity contribution < 1.29 is 0 Å². The van der Waals surface area contributed by atoms with E-state index in [2.05, 4.69) is 39.1 Å². The van der Waals surface area contributed by atoms with E-state index in [4.69, 9.17) is 0 Å². The molecule has 0 radical (unpaired) electrons. The van der Waals surface area contributed by atoms with Crippen LogP contribution in [0.5, 0.6) is 0 Å². The van der Waals surface area contributed by atoms with E-state index in [0.29, 0.717) is 11.3 Å². The van der Waals surface area contributed by atoms with Gasteiger partial charge in [-0.1, -0.05) is 20.3 Å². The molecule has 4 heteroatoms. The van der Waals surface area contributed by atoms with Crippen molar-refractivity contribution in [2.45, 2.75) is 39.0 Å². The fourth-order valence-electron chi connectivity index (χ4n) is 2.14. The minimum Gasteiger partial charge on any atom is -0.214 e. The van der Waals surface area contributed by atoms with Crippen LogP contribution in [-0.2, 0) is 0 Å². The van der Waals surface area contributed by atoms with E-state index in [-0.39, 0.29) is 0 Å². The summed E-state index contributed by atoms with van der Waals surface area (Å²) in [6.45, 7) is 4.67. The molecule has 1 aliphatic rings. The lowest BCUT2D eigenvalue weighted by Crippen LogP contribution is -2.15. The van der Waals surface area contributed by atoms with Crippen LogP contribution in [0, 0.1) is 5.41 Å². The summed E-state index contributed by atoms with van der Waals surface area (Å²) in [5.74, 6) is 0.622. The molecule has 0 aliphatic heterocycles. The molecular formula is C9H13BrN2S. The van der Waals surface area contributed by atoms with Crippen LogP contribution >= 0.6 is 27.5 Å². The van der Waals surface area contributed by atoms with Crippen molar-refractivity contribution in [2.24, 2.45) is 5.41 Å². The van der Waals surface area contributed by atoms with E-state index in [9.17, 15) is 0 Å². The van der Waals surface area contributed by atoms with Crippen LogP contribution in [0.25, 0.3) is 0 Å². The normalized spacial score (nSPS) is 26.5. The van der Waals surface area contributed by atoms with E-state index in [0.717, 1.165) is 4.73 Å². The summed E-state index contributed by atoms with van der Waals surface area (Å²) < 4.78 is 4.92. The van der Waals surface area contributed by atoms with E-state index in [1.807, 2.05) is 0 Å². The first kappa shape index (κ1) is 9.59. The average Bonchev–Trinajstić information content (AvgIpc) is 2.56. The van der Waals surface area contributed by atoms with Crippen molar-refractivity contribution in [2.75, 3.05) is 0 Å². The molecule has 0 spiro atoms. The van der Waals surface area contributed by atoms with Gasteiger partial charge in [0.25, 0.3) is 0 Å². The van der Waals surface area contributed by atoms with E-state index in [1.54, 1.807) is 11.5 Å². The summed E-state index contributed by atoms with van der Waals surface area (Å²) in [4.78, 5) is 4.41. The molecule has 1 aliphatic carbocycles. The highest BCUT2D eigenvalue weighted by Gasteiger charge is 2.37. The van der Waals surface area contributed by atoms with Gasteiger partial charge >= 0.3 is 0 Å². The van der Waals surface area contributed by atoms with Crippen molar-refractivity contribution in [1.82, 2.24) is 9.36 Å². The van der Waals surface area contributed by atoms with Gasteiger partial charge in [0.05, 0.1) is 0 Å². The highest BCUT2D eigenvalue weighted by molar-refractivity contribution is 9.10. The van der Waals surface area contributed by atoms with Crippen molar-refractivity contribution in [3.05, 3.63) is 9.74 Å². The van der Waals surface area contributed by atoms with Gasteiger partial charge in [-0.3, -0.25) is 0 Å². The Morgan fingerprint density at radius 2 is 2.31 bits per heavy atom. The summed E-state index contributed by atoms with van der Waals surface area (Å²) in [6, 6.07) is 0. The van der Waals surface area contributed by atoms with Gasteiger partial charge in [0.2, 0.25) is 4.73 Å². The summed E-state index contributed by atoms with van der Waals surface area (Å²) in [6.07, 6.45) is 3.92. The first-order chi connectivity index (χ1) is 6.09. The Morgan fingerprint density at radius 1 is 1.54 bits per heavy atom. The van der Waals surface area contributed by atoms with Gasteiger partial charge in [-0.15, -0.1) is 0 Å². The SMILES string of the molecule is CC1(C)CCCC1c1nc(Br)ns1. The zero-order chi connectivity index (χ0) is 9.47. The molecule has 2 rings (SSSR count). The molecule has 1 heterocycles. The first-order valence-corrected chi connectivity index (χ1v) is 6.15. The third kappa shape index (κ3) is 1.79. The Morgan fingerprint density at radius 3 is 2.77 bits per heavy atom. The number of halogens is 1. The summed E-state index contributed by atoms with van der Waals surface area (Å²) in [7, 11) is 0. The molecule has 1 aromatic rings. The fourth-order valence-corrected chi connectivity index (χ4v) is 3.57. The van der Waals surface area contributed by atoms with Crippen LogP contribution < -0.4 is 0 Å². The molecule has 2 nitrogen and oxygen atoms in total. The van der Waals surface area contributed by atoms with Crippen LogP contribution in [0.2, 0.25) is 0 Å². The second-order valence-corrected chi connectivity index (χ2v) is 5.83. The molecule has 1 unspecified atom stereocenters. The van der Waals surface area contributed by atoms with Crippen molar-refractivity contribution >= 4 is 27.5 Å². The predicted octanol–water partition coefficient (Wildman–Crippen LogP) is 3.59. The van der Waals surface area contributed by atoms with Crippen LogP contribution in [-0.4, -0.2) is 9.36 Å². The average molecular weight is 261 g/mol. The van der Waals surface area contributed by atoms with Gasteiger partial charge in [-0.2, -0.15) is 4.37 Å². The Hall–Kier alpha value is 0.0400. The monoisotopic (exact) mass is 260 g/mol. The second kappa shape index (κ2) is 3.31. The van der Waals surface area contributed by atoms with E-state index < -0.39 is 0 Å². The second-order valence-electron chi connectivity index (χ2n) is 4.34. The summed E-state index contributed by atoms with van der Waals surface area (Å²) in [5, 5.41) is 1.20. The van der Waals surface area contributed by atoms with Crippen LogP contribution in [0.3, 0.4) is 0 Å². The maximum atomic E-state index is 4.41. The number of nitrogens with zero attached hydrogens (tertiary/aromatic N) is 2. The van der Waals surface area contributed by atoms with E-state index in [1.165, 1.54) is 24.3 Å². The largest absolute Gasteiger partial charge is 0.214 e. The third-order valence-electron chi connectivity index (χ3n) is 2.97. The van der Waals surface area contributed by atoms with Gasteiger partial charge < -0.3 is 0 Å². The standard InChI is InChI=1S/C9H13BrN2S/c1-9(2)5-3-4-6(9)7-11-8(10)12-13-7/h6H,3-5H2,1-2H3. The maximum Gasteiger partial charge on any atom is 0.209 e. The predicted molar refractivity (Wildman–Crippen MR) is 58.0 cm³/mol. The molecule has 0 bridgehead atoms. The quantitative estimate of drug-likeness (QED) is 0.772. The van der Waals surface area contributed by atoms with Crippen molar-refractivity contribution in [3.63, 3.8) is 0 Å². The molecule has 0 aromatic carbocycles. The number of rotatable bonds is 1. The highest BCUT2D eigenvalue weighted by Crippen LogP contribution is 2.49. The zero-order valence-electron chi connectivity index (χ0n) is 7.88. The van der Waals surface area contributed by atoms with Gasteiger partial charge in [-0.05, 0) is 45.7 Å². The van der Waals surface area contributed by atoms with Crippen LogP contribution in [0.4, 0.5) is 0 Å². The van der Waals surface area contributed by atoms with Crippen molar-refractivity contribution in [3.8, 4) is 0 Å². The zero-order valence-corrected chi connectivity index (χ0v) is 10.3. The van der Waals surface area contributed by atoms with Gasteiger partial charge in [0, 0.05) is 5.92 Å². The molecule has 1 fully saturated rings. The van der Waals surface area contributed by atoms with Crippen molar-refractivity contribution in [1.29, 1.82) is 0 Å². The molecular weight excluding hydrogens is 248 g/mol. The van der Waals surface area contributed by atoms with Gasteiger partial charge in [0.15, 0.2) is 0 Å². The lowest BCUT2D eigenvalue weighted by atomic mass is 9.82. The topological polar surface area (TPSA) is 25.8 Å². The lowest BCUT2D eigenvalue weighted by molar-refractivity contribution is 0.331. The molecule has 72 valence electrons. The van der Waals surface area contributed by atoms with E-state index >= 15 is 0 Å². The highest BCUT2D eigenvalue weighted by atomic mass is 79.9. The summed E-state index contributed by atoms with van der Waals surface area (Å²) in [5.41, 5.74) is 0.416. The number of hydrogen-bond acceptors (Lipinski definition) is 3. The Balaban J connectivity index is 2.26. The summed E-state index contributed by atoms with van der Waals surface area (Å²) >= 11 is 4.85. The molecule has 1 aromatic heterocycles. The molecule has 0 saturated heterocycles. The third-order valence-corrected chi connectivity index (χ3v) is 4.39. The number of aromatic nitrogens is 2. The number of hydrogen-bond donors (Lipinski definition) is 0. The molecule has 13 heavy (non-hydrogen) atoms. The maximum absolute atomic E-state index is 4.41. The Bertz CT molecular complexity index is 308. The molecule has 1 atom stereocenters. The van der Waals surface area contributed by atoms with Crippen LogP contribution in [0.1, 0.15) is 44.0 Å². The molecule has 0 N–H and O–H groups in total. The Labute approximate surface area is 91.1 Å². The lowest BCUT2D eigenvalue weighted by Gasteiger charge is -2.24. The fraction of sp³-hybridized carbons (Fsp3) is 0.778. The minimum atomic E-state index is 0.416. The van der Waals surface area contributed by atoms with Gasteiger partial charge in [-0.25, -0.2) is 4.98 Å². The molecule has 0 amide bonds. The molecule has 1 saturated carbocycles. The van der Waals surface area contributed by atoms with Crippen LogP contribution in [0.15, 0.2) is 4.73 Å². The first-order valence-electron chi connectivity index (χ1n) is 4.59. The Kier molecular flexibility index (Phi) is 2.45. The minimum absolute atomic E-state index is 0.416. The smallest absolute Gasteiger partial charge is 0.209 e. The van der Waals surface area contributed by atoms with Gasteiger partial charge in [0.1, 0.15) is 5.01 Å².